The minimum Gasteiger partial charge on any atom is -0.429 e. The second kappa shape index (κ2) is 12.8. The van der Waals surface area contributed by atoms with Gasteiger partial charge in [-0.3, -0.25) is 0 Å². The fourth-order valence-electron chi connectivity index (χ4n) is 6.00. The summed E-state index contributed by atoms with van der Waals surface area (Å²) in [7, 11) is 0. The summed E-state index contributed by atoms with van der Waals surface area (Å²) in [6.07, 6.45) is 8.32. The van der Waals surface area contributed by atoms with Crippen LogP contribution in [0.5, 0.6) is 5.75 Å². The zero-order valence-corrected chi connectivity index (χ0v) is 22.3. The Kier molecular flexibility index (Phi) is 9.68. The smallest absolute Gasteiger partial charge is 0.429 e. The molecule has 0 atom stereocenters. The van der Waals surface area contributed by atoms with Gasteiger partial charge in [-0.1, -0.05) is 24.3 Å². The van der Waals surface area contributed by atoms with Crippen molar-refractivity contribution in [1.29, 1.82) is 0 Å². The van der Waals surface area contributed by atoms with Crippen LogP contribution in [-0.2, 0) is 12.3 Å². The van der Waals surface area contributed by atoms with Gasteiger partial charge in [0.2, 0.25) is 0 Å². The summed E-state index contributed by atoms with van der Waals surface area (Å²) in [6.45, 7) is 3.81. The van der Waals surface area contributed by atoms with Crippen molar-refractivity contribution in [2.45, 2.75) is 82.4 Å². The van der Waals surface area contributed by atoms with Crippen LogP contribution in [0.4, 0.5) is 30.7 Å². The monoisotopic (exact) mass is 568 g/mol. The van der Waals surface area contributed by atoms with Crippen LogP contribution in [0.2, 0.25) is 0 Å². The maximum atomic E-state index is 14.8. The predicted octanol–water partition coefficient (Wildman–Crippen LogP) is 10.7. The maximum absolute atomic E-state index is 14.8. The molecular weight excluding hydrogens is 533 g/mol. The molecule has 2 fully saturated rings. The van der Waals surface area contributed by atoms with Gasteiger partial charge in [-0.2, -0.15) is 22.0 Å². The predicted molar refractivity (Wildman–Crippen MR) is 141 cm³/mol. The first-order valence-corrected chi connectivity index (χ1v) is 14.0. The maximum Gasteiger partial charge on any atom is 0.429 e. The first-order chi connectivity index (χ1) is 19.0. The Hall–Kier alpha value is -2.77. The Bertz CT molecular complexity index is 1170. The quantitative estimate of drug-likeness (QED) is 0.216. The second-order valence-electron chi connectivity index (χ2n) is 11.1. The van der Waals surface area contributed by atoms with Gasteiger partial charge in [-0.15, -0.1) is 6.58 Å². The second-order valence-corrected chi connectivity index (χ2v) is 11.1. The van der Waals surface area contributed by atoms with Gasteiger partial charge in [0.1, 0.15) is 17.4 Å². The van der Waals surface area contributed by atoms with Crippen molar-refractivity contribution in [2.24, 2.45) is 17.8 Å². The lowest BCUT2D eigenvalue weighted by molar-refractivity contribution is -0.187. The van der Waals surface area contributed by atoms with Gasteiger partial charge in [-0.05, 0) is 118 Å². The summed E-state index contributed by atoms with van der Waals surface area (Å²) >= 11 is 0. The highest BCUT2D eigenvalue weighted by molar-refractivity contribution is 5.33. The number of ether oxygens (including phenoxy) is 1. The van der Waals surface area contributed by atoms with E-state index < -0.39 is 40.8 Å². The van der Waals surface area contributed by atoms with Crippen molar-refractivity contribution in [3.63, 3.8) is 0 Å². The Balaban J connectivity index is 1.31. The normalized spacial score (nSPS) is 24.3. The van der Waals surface area contributed by atoms with Gasteiger partial charge in [0.05, 0.1) is 11.1 Å². The fraction of sp³-hybridized carbons (Fsp3) is 0.500. The van der Waals surface area contributed by atoms with Crippen LogP contribution in [0.3, 0.4) is 0 Å². The summed E-state index contributed by atoms with van der Waals surface area (Å²) in [4.78, 5) is 0. The van der Waals surface area contributed by atoms with Gasteiger partial charge in [-0.25, -0.2) is 8.78 Å². The van der Waals surface area contributed by atoms with Gasteiger partial charge in [0, 0.05) is 6.07 Å². The molecule has 0 radical (unpaired) electrons. The molecule has 2 saturated carbocycles. The summed E-state index contributed by atoms with van der Waals surface area (Å²) in [5.74, 6) is -1.83. The highest BCUT2D eigenvalue weighted by atomic mass is 19.4. The van der Waals surface area contributed by atoms with Crippen LogP contribution < -0.4 is 4.74 Å². The molecule has 218 valence electrons. The molecule has 40 heavy (non-hydrogen) atoms. The molecule has 0 unspecified atom stereocenters. The molecule has 0 heterocycles. The Morgan fingerprint density at radius 2 is 1.32 bits per heavy atom. The highest BCUT2D eigenvalue weighted by Gasteiger charge is 2.39. The molecule has 2 aromatic rings. The van der Waals surface area contributed by atoms with E-state index in [9.17, 15) is 30.7 Å². The zero-order valence-electron chi connectivity index (χ0n) is 22.3. The minimum atomic E-state index is -4.98. The van der Waals surface area contributed by atoms with Crippen LogP contribution in [-0.4, -0.2) is 0 Å². The summed E-state index contributed by atoms with van der Waals surface area (Å²) in [6, 6.07) is 4.55. The van der Waals surface area contributed by atoms with Crippen molar-refractivity contribution in [1.82, 2.24) is 0 Å². The molecule has 2 aliphatic carbocycles. The van der Waals surface area contributed by atoms with E-state index in [1.54, 1.807) is 0 Å². The van der Waals surface area contributed by atoms with E-state index in [1.807, 2.05) is 6.08 Å². The standard InChI is InChI=1S/C32H35F7O/c1-2-3-4-21-5-7-22(8-6-21)9-10-23-11-13-24(14-12-23)25-15-17-28(29(33)19-25)32(38,39)40-26-16-18-27(30(34)20-26)31(35,36)37/h2,9-10,15-24H,1,3-8,11-14H2/b10-9+. The molecule has 0 saturated heterocycles. The number of allylic oxidation sites excluding steroid dienone is 3. The van der Waals surface area contributed by atoms with Crippen molar-refractivity contribution in [3.8, 4) is 5.75 Å². The number of hydrogen-bond donors (Lipinski definition) is 0. The van der Waals surface area contributed by atoms with E-state index in [2.05, 4.69) is 23.5 Å². The minimum absolute atomic E-state index is 0.0482. The fourth-order valence-corrected chi connectivity index (χ4v) is 6.00. The van der Waals surface area contributed by atoms with E-state index in [4.69, 9.17) is 0 Å². The number of hydrogen-bond acceptors (Lipinski definition) is 1. The number of benzene rings is 2. The van der Waals surface area contributed by atoms with Crippen molar-refractivity contribution in [3.05, 3.63) is 89.5 Å². The molecule has 1 nitrogen and oxygen atoms in total. The van der Waals surface area contributed by atoms with Crippen LogP contribution in [0.25, 0.3) is 0 Å². The number of halogens is 7. The van der Waals surface area contributed by atoms with Crippen molar-refractivity contribution in [2.75, 3.05) is 0 Å². The Morgan fingerprint density at radius 3 is 1.88 bits per heavy atom. The first-order valence-electron chi connectivity index (χ1n) is 14.0. The average Bonchev–Trinajstić information content (AvgIpc) is 2.90. The third-order valence-electron chi connectivity index (χ3n) is 8.37. The number of rotatable bonds is 9. The Morgan fingerprint density at radius 1 is 0.750 bits per heavy atom. The molecule has 0 N–H and O–H groups in total. The van der Waals surface area contributed by atoms with E-state index >= 15 is 0 Å². The molecule has 0 bridgehead atoms. The zero-order chi connectivity index (χ0) is 28.9. The molecular formula is C32H35F7O. The van der Waals surface area contributed by atoms with E-state index in [0.29, 0.717) is 29.5 Å². The first kappa shape index (κ1) is 30.2. The summed E-state index contributed by atoms with van der Waals surface area (Å²) < 4.78 is 101. The SMILES string of the molecule is C=CCCC1CCC(/C=C/C2CCC(c3ccc(C(F)(F)Oc4ccc(C(F)(F)F)c(F)c4)c(F)c3)CC2)CC1. The number of alkyl halides is 5. The molecule has 0 amide bonds. The van der Waals surface area contributed by atoms with E-state index in [-0.39, 0.29) is 12.0 Å². The third kappa shape index (κ3) is 7.70. The van der Waals surface area contributed by atoms with E-state index in [1.165, 1.54) is 38.2 Å². The third-order valence-corrected chi connectivity index (χ3v) is 8.37. The van der Waals surface area contributed by atoms with E-state index in [0.717, 1.165) is 50.2 Å². The van der Waals surface area contributed by atoms with Crippen LogP contribution in [0, 0.1) is 29.4 Å². The molecule has 0 aliphatic heterocycles. The van der Waals surface area contributed by atoms with Crippen molar-refractivity contribution >= 4 is 0 Å². The molecule has 0 aromatic heterocycles. The van der Waals surface area contributed by atoms with Gasteiger partial charge in [0.15, 0.2) is 0 Å². The lowest BCUT2D eigenvalue weighted by Gasteiger charge is -2.29. The van der Waals surface area contributed by atoms with Crippen molar-refractivity contribution < 1.29 is 35.5 Å². The molecule has 2 aromatic carbocycles. The average molecular weight is 569 g/mol. The lowest BCUT2D eigenvalue weighted by Crippen LogP contribution is -2.24. The summed E-state index contributed by atoms with van der Waals surface area (Å²) in [5.41, 5.74) is -2.05. The largest absolute Gasteiger partial charge is 0.429 e. The van der Waals surface area contributed by atoms with Gasteiger partial charge < -0.3 is 4.74 Å². The van der Waals surface area contributed by atoms with Crippen LogP contribution in [0.15, 0.2) is 61.2 Å². The van der Waals surface area contributed by atoms with Gasteiger partial charge >= 0.3 is 12.3 Å². The molecule has 2 aliphatic rings. The van der Waals surface area contributed by atoms with Crippen LogP contribution in [0.1, 0.15) is 86.8 Å². The topological polar surface area (TPSA) is 9.23 Å². The molecule has 0 spiro atoms. The summed E-state index contributed by atoms with van der Waals surface area (Å²) in [5, 5.41) is 0. The molecule has 4 rings (SSSR count). The van der Waals surface area contributed by atoms with Gasteiger partial charge in [0.25, 0.3) is 0 Å². The highest BCUT2D eigenvalue weighted by Crippen LogP contribution is 2.41. The molecule has 8 heteroatoms. The lowest BCUT2D eigenvalue weighted by atomic mass is 9.76. The Labute approximate surface area is 231 Å². The van der Waals surface area contributed by atoms with Crippen LogP contribution >= 0.6 is 0 Å².